The Morgan fingerprint density at radius 3 is 2.20 bits per heavy atom. The first-order chi connectivity index (χ1) is 7.13. The van der Waals surface area contributed by atoms with E-state index in [0.717, 1.165) is 0 Å². The van der Waals surface area contributed by atoms with Gasteiger partial charge < -0.3 is 29.9 Å². The molecule has 92 valence electrons. The molecule has 4 N–H and O–H groups in total. The summed E-state index contributed by atoms with van der Waals surface area (Å²) in [6.45, 7) is 1.26. The lowest BCUT2D eigenvalue weighted by Gasteiger charge is -2.23. The van der Waals surface area contributed by atoms with Gasteiger partial charge in [0.25, 0.3) is 0 Å². The van der Waals surface area contributed by atoms with E-state index in [2.05, 4.69) is 4.74 Å². The zero-order chi connectivity index (χ0) is 11.7. The third-order valence-electron chi connectivity index (χ3n) is 2.10. The summed E-state index contributed by atoms with van der Waals surface area (Å²) >= 11 is 0. The van der Waals surface area contributed by atoms with Gasteiger partial charge in [0.1, 0.15) is 13.6 Å². The summed E-state index contributed by atoms with van der Waals surface area (Å²) in [5.74, 6) is -0.277. The summed E-state index contributed by atoms with van der Waals surface area (Å²) in [5.41, 5.74) is 0. The Labute approximate surface area is 89.1 Å². The van der Waals surface area contributed by atoms with Crippen LogP contribution in [0.25, 0.3) is 0 Å². The molecule has 0 fully saturated rings. The Kier molecular flexibility index (Phi) is 8.88. The van der Waals surface area contributed by atoms with E-state index in [-0.39, 0.29) is 25.6 Å². The molecule has 0 rings (SSSR count). The number of aliphatic hydroxyl groups excluding tert-OH is 4. The molecule has 0 spiro atoms. The van der Waals surface area contributed by atoms with Crippen molar-refractivity contribution in [3.8, 4) is 0 Å². The average molecular weight is 224 g/mol. The summed E-state index contributed by atoms with van der Waals surface area (Å²) < 4.78 is 9.33. The average Bonchev–Trinajstić information content (AvgIpc) is 2.24. The SMILES string of the molecule is CC(COCO)C(O)C(O)CCOCO. The number of rotatable bonds is 9. The molecule has 3 unspecified atom stereocenters. The molecule has 0 aromatic carbocycles. The maximum absolute atomic E-state index is 9.58. The van der Waals surface area contributed by atoms with Gasteiger partial charge in [-0.15, -0.1) is 0 Å². The molecule has 0 aliphatic rings. The standard InChI is InChI=1S/C9H20O6/c1-7(4-15-6-11)9(13)8(12)2-3-14-5-10/h7-13H,2-6H2,1H3. The van der Waals surface area contributed by atoms with E-state index >= 15 is 0 Å². The van der Waals surface area contributed by atoms with Crippen molar-refractivity contribution in [2.45, 2.75) is 25.6 Å². The second kappa shape index (κ2) is 9.02. The number of hydrogen-bond acceptors (Lipinski definition) is 6. The lowest BCUT2D eigenvalue weighted by atomic mass is 9.99. The maximum Gasteiger partial charge on any atom is 0.143 e. The molecule has 0 aromatic heterocycles. The highest BCUT2D eigenvalue weighted by Gasteiger charge is 2.22. The van der Waals surface area contributed by atoms with Gasteiger partial charge in [0, 0.05) is 5.92 Å². The van der Waals surface area contributed by atoms with Gasteiger partial charge >= 0.3 is 0 Å². The van der Waals surface area contributed by atoms with Crippen LogP contribution in [-0.2, 0) is 9.47 Å². The fourth-order valence-corrected chi connectivity index (χ4v) is 1.16. The van der Waals surface area contributed by atoms with E-state index in [1.54, 1.807) is 6.92 Å². The van der Waals surface area contributed by atoms with Crippen molar-refractivity contribution in [2.75, 3.05) is 26.8 Å². The van der Waals surface area contributed by atoms with Crippen LogP contribution in [0.4, 0.5) is 0 Å². The predicted octanol–water partition coefficient (Wildman–Crippen LogP) is -1.33. The summed E-state index contributed by atoms with van der Waals surface area (Å²) in [4.78, 5) is 0. The van der Waals surface area contributed by atoms with E-state index in [1.807, 2.05) is 0 Å². The van der Waals surface area contributed by atoms with Crippen molar-refractivity contribution >= 4 is 0 Å². The zero-order valence-electron chi connectivity index (χ0n) is 8.87. The van der Waals surface area contributed by atoms with E-state index in [1.165, 1.54) is 0 Å². The second-order valence-corrected chi connectivity index (χ2v) is 3.36. The second-order valence-electron chi connectivity index (χ2n) is 3.36. The van der Waals surface area contributed by atoms with Crippen molar-refractivity contribution in [2.24, 2.45) is 5.92 Å². The highest BCUT2D eigenvalue weighted by molar-refractivity contribution is 4.72. The number of hydrogen-bond donors (Lipinski definition) is 4. The lowest BCUT2D eigenvalue weighted by Crippen LogP contribution is -2.35. The molecule has 0 aliphatic heterocycles. The number of ether oxygens (including phenoxy) is 2. The first-order valence-corrected chi connectivity index (χ1v) is 4.86. The van der Waals surface area contributed by atoms with Gasteiger partial charge in [0.15, 0.2) is 0 Å². The topological polar surface area (TPSA) is 99.4 Å². The molecule has 0 saturated carbocycles. The molecular weight excluding hydrogens is 204 g/mol. The Bertz CT molecular complexity index is 143. The fourth-order valence-electron chi connectivity index (χ4n) is 1.16. The van der Waals surface area contributed by atoms with Gasteiger partial charge in [-0.25, -0.2) is 0 Å². The third-order valence-corrected chi connectivity index (χ3v) is 2.10. The van der Waals surface area contributed by atoms with Crippen molar-refractivity contribution in [1.82, 2.24) is 0 Å². The minimum absolute atomic E-state index is 0.176. The summed E-state index contributed by atoms with van der Waals surface area (Å²) in [6.07, 6.45) is -1.61. The van der Waals surface area contributed by atoms with Crippen LogP contribution in [0, 0.1) is 5.92 Å². The van der Waals surface area contributed by atoms with Crippen LogP contribution in [0.15, 0.2) is 0 Å². The van der Waals surface area contributed by atoms with Crippen molar-refractivity contribution in [1.29, 1.82) is 0 Å². The van der Waals surface area contributed by atoms with Gasteiger partial charge in [-0.05, 0) is 6.42 Å². The molecule has 0 bridgehead atoms. The lowest BCUT2D eigenvalue weighted by molar-refractivity contribution is -0.0793. The Balaban J connectivity index is 3.69. The molecule has 6 heteroatoms. The van der Waals surface area contributed by atoms with Crippen molar-refractivity contribution in [3.63, 3.8) is 0 Å². The molecule has 0 heterocycles. The Morgan fingerprint density at radius 1 is 1.07 bits per heavy atom. The first-order valence-electron chi connectivity index (χ1n) is 4.86. The highest BCUT2D eigenvalue weighted by atomic mass is 16.6. The third kappa shape index (κ3) is 6.77. The monoisotopic (exact) mass is 224 g/mol. The summed E-state index contributed by atoms with van der Waals surface area (Å²) in [5, 5.41) is 35.8. The van der Waals surface area contributed by atoms with Gasteiger partial charge in [-0.2, -0.15) is 0 Å². The molecule has 0 saturated heterocycles. The van der Waals surface area contributed by atoms with Crippen molar-refractivity contribution < 1.29 is 29.9 Å². The van der Waals surface area contributed by atoms with Crippen molar-refractivity contribution in [3.05, 3.63) is 0 Å². The minimum Gasteiger partial charge on any atom is -0.390 e. The number of aliphatic hydroxyl groups is 4. The van der Waals surface area contributed by atoms with Gasteiger partial charge in [0.05, 0.1) is 25.4 Å². The van der Waals surface area contributed by atoms with Gasteiger partial charge in [-0.3, -0.25) is 0 Å². The van der Waals surface area contributed by atoms with Crippen LogP contribution in [0.3, 0.4) is 0 Å². The normalized spacial score (nSPS) is 17.4. The van der Waals surface area contributed by atoms with Crippen LogP contribution in [0.2, 0.25) is 0 Å². The van der Waals surface area contributed by atoms with Crippen LogP contribution < -0.4 is 0 Å². The molecule has 0 aliphatic carbocycles. The molecular formula is C9H20O6. The quantitative estimate of drug-likeness (QED) is 0.286. The summed E-state index contributed by atoms with van der Waals surface area (Å²) in [6, 6.07) is 0. The zero-order valence-corrected chi connectivity index (χ0v) is 8.87. The van der Waals surface area contributed by atoms with Gasteiger partial charge in [0.2, 0.25) is 0 Å². The van der Waals surface area contributed by atoms with Crippen LogP contribution >= 0.6 is 0 Å². The Morgan fingerprint density at radius 2 is 1.67 bits per heavy atom. The van der Waals surface area contributed by atoms with E-state index in [4.69, 9.17) is 14.9 Å². The summed E-state index contributed by atoms with van der Waals surface area (Å²) in [7, 11) is 0. The Hall–Kier alpha value is -0.240. The molecule has 0 aromatic rings. The van der Waals surface area contributed by atoms with Crippen LogP contribution in [-0.4, -0.2) is 59.4 Å². The smallest absolute Gasteiger partial charge is 0.143 e. The van der Waals surface area contributed by atoms with E-state index < -0.39 is 25.8 Å². The van der Waals surface area contributed by atoms with Crippen LogP contribution in [0.5, 0.6) is 0 Å². The largest absolute Gasteiger partial charge is 0.390 e. The molecule has 3 atom stereocenters. The van der Waals surface area contributed by atoms with Gasteiger partial charge in [-0.1, -0.05) is 6.92 Å². The fraction of sp³-hybridized carbons (Fsp3) is 1.00. The maximum atomic E-state index is 9.58. The first kappa shape index (κ1) is 14.8. The molecule has 15 heavy (non-hydrogen) atoms. The van der Waals surface area contributed by atoms with Crippen LogP contribution in [0.1, 0.15) is 13.3 Å². The van der Waals surface area contributed by atoms with E-state index in [0.29, 0.717) is 0 Å². The highest BCUT2D eigenvalue weighted by Crippen LogP contribution is 2.10. The van der Waals surface area contributed by atoms with E-state index in [9.17, 15) is 10.2 Å². The molecule has 0 amide bonds. The molecule has 6 nitrogen and oxygen atoms in total. The molecule has 0 radical (unpaired) electrons. The minimum atomic E-state index is -0.932. The predicted molar refractivity (Wildman–Crippen MR) is 51.9 cm³/mol.